The van der Waals surface area contributed by atoms with Crippen LogP contribution in [0.5, 0.6) is 0 Å². The molecule has 2 aliphatic heterocycles. The topological polar surface area (TPSA) is 29.3 Å². The second kappa shape index (κ2) is 7.33. The van der Waals surface area contributed by atoms with Crippen molar-refractivity contribution in [1.82, 2.24) is 4.90 Å². The van der Waals surface area contributed by atoms with E-state index in [4.69, 9.17) is 5.73 Å². The van der Waals surface area contributed by atoms with E-state index >= 15 is 0 Å². The van der Waals surface area contributed by atoms with Gasteiger partial charge in [0.2, 0.25) is 0 Å². The molecule has 0 saturated carbocycles. The molecule has 2 heterocycles. The predicted molar refractivity (Wildman–Crippen MR) is 92.4 cm³/mol. The first kappa shape index (κ1) is 16.3. The minimum absolute atomic E-state index is 0.157. The summed E-state index contributed by atoms with van der Waals surface area (Å²) in [6.45, 7) is 6.55. The Balaban J connectivity index is 1.68. The van der Waals surface area contributed by atoms with Gasteiger partial charge in [0.05, 0.1) is 0 Å². The summed E-state index contributed by atoms with van der Waals surface area (Å²) in [6.07, 6.45) is 5.03. The molecule has 0 unspecified atom stereocenters. The number of hydrogen-bond acceptors (Lipinski definition) is 2. The second-order valence-corrected chi connectivity index (χ2v) is 15.8. The first-order chi connectivity index (χ1) is 10.7. The average molecular weight is 402 g/mol. The molecule has 22 heavy (non-hydrogen) atoms. The summed E-state index contributed by atoms with van der Waals surface area (Å²) < 4.78 is 18.3. The van der Waals surface area contributed by atoms with E-state index in [1.807, 2.05) is 12.1 Å². The summed E-state index contributed by atoms with van der Waals surface area (Å²) in [4.78, 5) is 2.50. The average Bonchev–Trinajstić information content (AvgIpc) is 2.91. The zero-order valence-electron chi connectivity index (χ0n) is 13.3. The number of nitrogens with two attached hydrogens (primary N) is 1. The van der Waals surface area contributed by atoms with Crippen LogP contribution in [-0.4, -0.2) is 52.5 Å². The van der Waals surface area contributed by atoms with Gasteiger partial charge in [-0.2, -0.15) is 0 Å². The van der Waals surface area contributed by atoms with Crippen LogP contribution in [0.4, 0.5) is 4.39 Å². The third-order valence-corrected chi connectivity index (χ3v) is 15.4. The number of benzene rings is 1. The first-order valence-electron chi connectivity index (χ1n) is 8.26. The first-order valence-corrected chi connectivity index (χ1v) is 13.7. The van der Waals surface area contributed by atoms with Crippen molar-refractivity contribution >= 4 is 27.0 Å². The number of nitrogens with zero attached hydrogens (tertiary/aromatic N) is 1. The van der Waals surface area contributed by atoms with E-state index < -0.39 is 21.4 Å². The van der Waals surface area contributed by atoms with E-state index in [1.54, 1.807) is 15.5 Å². The molecule has 0 atom stereocenters. The van der Waals surface area contributed by atoms with Crippen molar-refractivity contribution in [2.24, 2.45) is 5.73 Å². The van der Waals surface area contributed by atoms with Crippen LogP contribution in [0, 0.1) is 5.82 Å². The molecule has 0 aliphatic carbocycles. The minimum atomic E-state index is -1.78. The van der Waals surface area contributed by atoms with E-state index in [9.17, 15) is 4.39 Å². The third-order valence-electron chi connectivity index (χ3n) is 5.03. The molecular weight excluding hydrogens is 378 g/mol. The van der Waals surface area contributed by atoms with Crippen LogP contribution in [0.2, 0.25) is 3.67 Å². The molecule has 0 radical (unpaired) electrons. The molecule has 1 saturated heterocycles. The van der Waals surface area contributed by atoms with Gasteiger partial charge in [0, 0.05) is 0 Å². The summed E-state index contributed by atoms with van der Waals surface area (Å²) in [5.74, 6) is -0.157. The fourth-order valence-electron chi connectivity index (χ4n) is 3.76. The predicted octanol–water partition coefficient (Wildman–Crippen LogP) is 3.17. The van der Waals surface area contributed by atoms with Crippen LogP contribution in [0.15, 0.2) is 37.5 Å². The SMILES string of the molecule is C[C]1=CC(c2ccc(F)cc2)=[CH][In]1[CH]1CCN(CCN)CC1. The van der Waals surface area contributed by atoms with Crippen molar-refractivity contribution < 1.29 is 4.39 Å². The van der Waals surface area contributed by atoms with E-state index in [1.165, 1.54) is 37.1 Å². The standard InChI is InChI=1S/C11H9F.C7H15N2.In/c1-3-4-9(2)10-5-7-11(12)8-6-10;8-4-7-9-5-2-1-3-6-9;/h2,4-8H,1H3;1H,2-8H2;. The molecule has 116 valence electrons. The van der Waals surface area contributed by atoms with Crippen molar-refractivity contribution in [3.05, 3.63) is 48.9 Å². The molecule has 1 fully saturated rings. The van der Waals surface area contributed by atoms with Gasteiger partial charge in [0.25, 0.3) is 0 Å². The van der Waals surface area contributed by atoms with E-state index in [2.05, 4.69) is 21.7 Å². The van der Waals surface area contributed by atoms with Crippen LogP contribution < -0.4 is 5.73 Å². The van der Waals surface area contributed by atoms with Gasteiger partial charge in [-0.3, -0.25) is 0 Å². The third kappa shape index (κ3) is 3.66. The summed E-state index contributed by atoms with van der Waals surface area (Å²) in [5, 5.41) is 0. The van der Waals surface area contributed by atoms with E-state index in [0.717, 1.165) is 16.8 Å². The van der Waals surface area contributed by atoms with Gasteiger partial charge in [0.15, 0.2) is 0 Å². The molecule has 0 aromatic heterocycles. The zero-order valence-corrected chi connectivity index (χ0v) is 16.6. The monoisotopic (exact) mass is 402 g/mol. The molecular formula is C18H24FInN2. The Bertz CT molecular complexity index is 571. The number of hydrogen-bond donors (Lipinski definition) is 1. The van der Waals surface area contributed by atoms with Gasteiger partial charge in [-0.15, -0.1) is 0 Å². The van der Waals surface area contributed by atoms with Gasteiger partial charge >= 0.3 is 141 Å². The number of likely N-dealkylation sites (tertiary alicyclic amines) is 1. The Morgan fingerprint density at radius 1 is 1.23 bits per heavy atom. The Hall–Kier alpha value is -0.580. The molecule has 0 spiro atoms. The summed E-state index contributed by atoms with van der Waals surface area (Å²) in [5.41, 5.74) is 8.16. The van der Waals surface area contributed by atoms with Crippen molar-refractivity contribution in [1.29, 1.82) is 0 Å². The molecule has 2 aliphatic rings. The van der Waals surface area contributed by atoms with Crippen LogP contribution in [0.3, 0.4) is 0 Å². The fourth-order valence-corrected chi connectivity index (χ4v) is 13.3. The summed E-state index contributed by atoms with van der Waals surface area (Å²) >= 11 is -1.78. The quantitative estimate of drug-likeness (QED) is 0.839. The maximum atomic E-state index is 13.1. The Kier molecular flexibility index (Phi) is 5.42. The van der Waals surface area contributed by atoms with Crippen LogP contribution in [0.25, 0.3) is 5.57 Å². The van der Waals surface area contributed by atoms with Crippen LogP contribution >= 0.6 is 0 Å². The van der Waals surface area contributed by atoms with Gasteiger partial charge in [-0.1, -0.05) is 0 Å². The number of piperidine rings is 1. The van der Waals surface area contributed by atoms with Gasteiger partial charge < -0.3 is 0 Å². The summed E-state index contributed by atoms with van der Waals surface area (Å²) in [7, 11) is 0. The Labute approximate surface area is 140 Å². The van der Waals surface area contributed by atoms with E-state index in [0.29, 0.717) is 0 Å². The second-order valence-electron chi connectivity index (χ2n) is 6.51. The molecule has 1 aromatic rings. The van der Waals surface area contributed by atoms with Crippen LogP contribution in [-0.2, 0) is 0 Å². The van der Waals surface area contributed by atoms with Crippen molar-refractivity contribution in [2.75, 3.05) is 26.2 Å². The summed E-state index contributed by atoms with van der Waals surface area (Å²) in [6, 6.07) is 6.94. The Morgan fingerprint density at radius 3 is 2.55 bits per heavy atom. The molecule has 0 bridgehead atoms. The van der Waals surface area contributed by atoms with Crippen molar-refractivity contribution in [2.45, 2.75) is 23.4 Å². The number of rotatable bonds is 4. The van der Waals surface area contributed by atoms with Gasteiger partial charge in [-0.25, -0.2) is 0 Å². The molecule has 1 aromatic carbocycles. The normalized spacial score (nSPS) is 20.2. The zero-order chi connectivity index (χ0) is 15.5. The Morgan fingerprint density at radius 2 is 1.91 bits per heavy atom. The number of allylic oxidation sites excluding steroid dienone is 3. The maximum absolute atomic E-state index is 13.1. The van der Waals surface area contributed by atoms with Crippen molar-refractivity contribution in [3.63, 3.8) is 0 Å². The molecule has 4 heteroatoms. The van der Waals surface area contributed by atoms with E-state index in [-0.39, 0.29) is 5.82 Å². The number of halogens is 1. The molecule has 3 rings (SSSR count). The molecule has 2 N–H and O–H groups in total. The van der Waals surface area contributed by atoms with Gasteiger partial charge in [-0.05, 0) is 0 Å². The van der Waals surface area contributed by atoms with Crippen LogP contribution in [0.1, 0.15) is 25.3 Å². The van der Waals surface area contributed by atoms with Gasteiger partial charge in [0.1, 0.15) is 0 Å². The molecule has 2 nitrogen and oxygen atoms in total. The fraction of sp³-hybridized carbons (Fsp3) is 0.444. The molecule has 0 amide bonds. The van der Waals surface area contributed by atoms with Crippen molar-refractivity contribution in [3.8, 4) is 0 Å².